The number of furan rings is 1. The van der Waals surface area contributed by atoms with E-state index in [1.54, 1.807) is 18.6 Å². The van der Waals surface area contributed by atoms with Gasteiger partial charge in [0.1, 0.15) is 5.58 Å². The van der Waals surface area contributed by atoms with Gasteiger partial charge < -0.3 is 9.40 Å². The molecule has 0 aliphatic heterocycles. The molecule has 0 atom stereocenters. The smallest absolute Gasteiger partial charge is 0.206 e. The van der Waals surface area contributed by atoms with Gasteiger partial charge in [-0.05, 0) is 12.1 Å². The highest BCUT2D eigenvalue weighted by Crippen LogP contribution is 2.33. The van der Waals surface area contributed by atoms with Crippen molar-refractivity contribution in [3.63, 3.8) is 0 Å². The van der Waals surface area contributed by atoms with Crippen molar-refractivity contribution in [3.8, 4) is 0 Å². The number of nitrogens with one attached hydrogen (secondary N) is 1. The molecule has 0 fully saturated rings. The van der Waals surface area contributed by atoms with Crippen LogP contribution < -0.4 is 0 Å². The summed E-state index contributed by atoms with van der Waals surface area (Å²) < 4.78 is 5.71. The van der Waals surface area contributed by atoms with Crippen molar-refractivity contribution in [2.45, 2.75) is 0 Å². The van der Waals surface area contributed by atoms with Gasteiger partial charge in [0.25, 0.3) is 0 Å². The third-order valence-electron chi connectivity index (χ3n) is 2.83. The standard InChI is InChI=1S/C12H7N3O/c1-3-14-6-9-7(1)11-8-5-13-4-2-10(8)16-12(11)15-9/h1-6,15H. The Balaban J connectivity index is 2.38. The fraction of sp³-hybridized carbons (Fsp3) is 0. The van der Waals surface area contributed by atoms with Crippen LogP contribution in [0.4, 0.5) is 0 Å². The molecule has 76 valence electrons. The van der Waals surface area contributed by atoms with E-state index >= 15 is 0 Å². The summed E-state index contributed by atoms with van der Waals surface area (Å²) in [6.45, 7) is 0. The Bertz CT molecular complexity index is 747. The molecule has 4 nitrogen and oxygen atoms in total. The number of rotatable bonds is 0. The number of hydrogen-bond donors (Lipinski definition) is 1. The molecule has 0 aliphatic rings. The molecule has 4 heterocycles. The molecule has 4 heteroatoms. The van der Waals surface area contributed by atoms with Gasteiger partial charge in [-0.25, -0.2) is 0 Å². The van der Waals surface area contributed by atoms with Crippen molar-refractivity contribution in [3.05, 3.63) is 36.9 Å². The minimum absolute atomic E-state index is 0.783. The second-order valence-corrected chi connectivity index (χ2v) is 3.72. The van der Waals surface area contributed by atoms with E-state index in [4.69, 9.17) is 4.42 Å². The van der Waals surface area contributed by atoms with E-state index in [0.717, 1.165) is 33.0 Å². The molecule has 0 aromatic carbocycles. The van der Waals surface area contributed by atoms with E-state index in [2.05, 4.69) is 15.0 Å². The molecule has 0 aliphatic carbocycles. The molecule has 0 amide bonds. The number of pyridine rings is 2. The summed E-state index contributed by atoms with van der Waals surface area (Å²) in [6.07, 6.45) is 7.14. The Kier molecular flexibility index (Phi) is 1.28. The summed E-state index contributed by atoms with van der Waals surface area (Å²) in [5, 5.41) is 3.24. The maximum absolute atomic E-state index is 5.71. The Morgan fingerprint density at radius 3 is 2.88 bits per heavy atom. The van der Waals surface area contributed by atoms with E-state index in [-0.39, 0.29) is 0 Å². The van der Waals surface area contributed by atoms with Gasteiger partial charge in [-0.2, -0.15) is 0 Å². The van der Waals surface area contributed by atoms with Crippen molar-refractivity contribution in [1.29, 1.82) is 0 Å². The summed E-state index contributed by atoms with van der Waals surface area (Å²) in [5.41, 5.74) is 2.63. The van der Waals surface area contributed by atoms with Gasteiger partial charge in [0.05, 0.1) is 17.1 Å². The Hall–Kier alpha value is -2.36. The van der Waals surface area contributed by atoms with Crippen LogP contribution in [0.1, 0.15) is 0 Å². The van der Waals surface area contributed by atoms with Crippen molar-refractivity contribution in [2.24, 2.45) is 0 Å². The molecule has 16 heavy (non-hydrogen) atoms. The zero-order chi connectivity index (χ0) is 10.5. The van der Waals surface area contributed by atoms with Crippen LogP contribution in [0, 0.1) is 0 Å². The first-order valence-corrected chi connectivity index (χ1v) is 5.01. The fourth-order valence-electron chi connectivity index (χ4n) is 2.13. The van der Waals surface area contributed by atoms with Crippen molar-refractivity contribution in [1.82, 2.24) is 15.0 Å². The van der Waals surface area contributed by atoms with Crippen LogP contribution in [0.3, 0.4) is 0 Å². The van der Waals surface area contributed by atoms with E-state index < -0.39 is 0 Å². The molecule has 4 aromatic rings. The zero-order valence-corrected chi connectivity index (χ0v) is 8.27. The maximum atomic E-state index is 5.71. The van der Waals surface area contributed by atoms with Crippen molar-refractivity contribution < 1.29 is 4.42 Å². The molecule has 4 aromatic heterocycles. The molecule has 0 saturated heterocycles. The SMILES string of the molecule is c1cc2c(cn1)[nH]c1oc3ccncc3c12. The van der Waals surface area contributed by atoms with Gasteiger partial charge >= 0.3 is 0 Å². The first-order chi connectivity index (χ1) is 7.93. The van der Waals surface area contributed by atoms with Crippen LogP contribution in [-0.4, -0.2) is 15.0 Å². The fourth-order valence-corrected chi connectivity index (χ4v) is 2.13. The van der Waals surface area contributed by atoms with Gasteiger partial charge in [-0.3, -0.25) is 9.97 Å². The van der Waals surface area contributed by atoms with Crippen molar-refractivity contribution in [2.75, 3.05) is 0 Å². The van der Waals surface area contributed by atoms with E-state index in [0.29, 0.717) is 0 Å². The average Bonchev–Trinajstić information content (AvgIpc) is 2.83. The molecule has 0 saturated carbocycles. The molecular formula is C12H7N3O. The Morgan fingerprint density at radius 1 is 1.00 bits per heavy atom. The summed E-state index contributed by atoms with van der Waals surface area (Å²) in [6, 6.07) is 3.85. The lowest BCUT2D eigenvalue weighted by Crippen LogP contribution is -1.72. The van der Waals surface area contributed by atoms with Crippen LogP contribution in [0.15, 0.2) is 41.3 Å². The van der Waals surface area contributed by atoms with Crippen LogP contribution in [0.5, 0.6) is 0 Å². The predicted molar refractivity (Wildman–Crippen MR) is 61.2 cm³/mol. The second kappa shape index (κ2) is 2.61. The van der Waals surface area contributed by atoms with Gasteiger partial charge in [-0.1, -0.05) is 0 Å². The molecule has 1 N–H and O–H groups in total. The monoisotopic (exact) mass is 209 g/mol. The lowest BCUT2D eigenvalue weighted by Gasteiger charge is -1.89. The molecule has 0 unspecified atom stereocenters. The topological polar surface area (TPSA) is 54.7 Å². The van der Waals surface area contributed by atoms with Crippen molar-refractivity contribution >= 4 is 33.0 Å². The van der Waals surface area contributed by atoms with Gasteiger partial charge in [-0.15, -0.1) is 0 Å². The van der Waals surface area contributed by atoms with Crippen LogP contribution >= 0.6 is 0 Å². The summed E-state index contributed by atoms with van der Waals surface area (Å²) in [7, 11) is 0. The predicted octanol–water partition coefficient (Wildman–Crippen LogP) is 2.86. The lowest BCUT2D eigenvalue weighted by atomic mass is 10.2. The molecule has 0 spiro atoms. The molecule has 4 rings (SSSR count). The summed E-state index contributed by atoms with van der Waals surface area (Å²) in [5.74, 6) is 0. The number of aromatic amines is 1. The second-order valence-electron chi connectivity index (χ2n) is 3.72. The Labute approximate surface area is 89.9 Å². The van der Waals surface area contributed by atoms with E-state index in [1.807, 2.05) is 18.3 Å². The minimum atomic E-state index is 0.783. The first kappa shape index (κ1) is 7.87. The minimum Gasteiger partial charge on any atom is -0.440 e. The van der Waals surface area contributed by atoms with Crippen LogP contribution in [0.2, 0.25) is 0 Å². The van der Waals surface area contributed by atoms with E-state index in [9.17, 15) is 0 Å². The average molecular weight is 209 g/mol. The molecule has 0 radical (unpaired) electrons. The highest BCUT2D eigenvalue weighted by atomic mass is 16.3. The van der Waals surface area contributed by atoms with Crippen LogP contribution in [0.25, 0.3) is 33.0 Å². The summed E-state index contributed by atoms with van der Waals surface area (Å²) >= 11 is 0. The number of fused-ring (bicyclic) bond motifs is 5. The molecular weight excluding hydrogens is 202 g/mol. The number of aromatic nitrogens is 3. The number of H-pyrrole nitrogens is 1. The number of hydrogen-bond acceptors (Lipinski definition) is 3. The zero-order valence-electron chi connectivity index (χ0n) is 8.27. The Morgan fingerprint density at radius 2 is 1.88 bits per heavy atom. The third kappa shape index (κ3) is 0.839. The lowest BCUT2D eigenvalue weighted by molar-refractivity contribution is 0.656. The highest BCUT2D eigenvalue weighted by Gasteiger charge is 2.12. The third-order valence-corrected chi connectivity index (χ3v) is 2.83. The summed E-state index contributed by atoms with van der Waals surface area (Å²) in [4.78, 5) is 11.4. The van der Waals surface area contributed by atoms with Crippen LogP contribution in [-0.2, 0) is 0 Å². The van der Waals surface area contributed by atoms with Gasteiger partial charge in [0, 0.05) is 29.4 Å². The highest BCUT2D eigenvalue weighted by molar-refractivity contribution is 6.18. The largest absolute Gasteiger partial charge is 0.440 e. The molecule has 0 bridgehead atoms. The normalized spacial score (nSPS) is 11.8. The van der Waals surface area contributed by atoms with E-state index in [1.165, 1.54) is 0 Å². The van der Waals surface area contributed by atoms with Gasteiger partial charge in [0.2, 0.25) is 5.71 Å². The number of nitrogens with zero attached hydrogens (tertiary/aromatic N) is 2. The maximum Gasteiger partial charge on any atom is 0.206 e. The quantitative estimate of drug-likeness (QED) is 0.484. The first-order valence-electron chi connectivity index (χ1n) is 5.01. The van der Waals surface area contributed by atoms with Gasteiger partial charge in [0.15, 0.2) is 0 Å².